The van der Waals surface area contributed by atoms with Crippen molar-refractivity contribution in [1.29, 1.82) is 0 Å². The first-order chi connectivity index (χ1) is 10.2. The molecule has 0 amide bonds. The average molecular weight is 278 g/mol. The van der Waals surface area contributed by atoms with Crippen molar-refractivity contribution in [2.75, 3.05) is 0 Å². The molecule has 2 aromatic rings. The largest absolute Gasteiger partial charge is 0.289 e. The molecule has 0 aliphatic heterocycles. The maximum absolute atomic E-state index is 12.0. The van der Waals surface area contributed by atoms with Crippen molar-refractivity contribution in [3.63, 3.8) is 0 Å². The van der Waals surface area contributed by atoms with Crippen LogP contribution in [0, 0.1) is 0 Å². The zero-order valence-corrected chi connectivity index (χ0v) is 12.2. The van der Waals surface area contributed by atoms with Gasteiger partial charge in [-0.1, -0.05) is 48.6 Å². The molecule has 0 aliphatic rings. The van der Waals surface area contributed by atoms with Gasteiger partial charge >= 0.3 is 0 Å². The van der Waals surface area contributed by atoms with Gasteiger partial charge in [-0.25, -0.2) is 0 Å². The normalized spacial score (nSPS) is 12.4. The number of nitrogens with one attached hydrogen (secondary N) is 1. The van der Waals surface area contributed by atoms with Crippen molar-refractivity contribution in [1.82, 2.24) is 10.2 Å². The Balaban J connectivity index is 2.09. The predicted molar refractivity (Wildman–Crippen MR) is 86.9 cm³/mol. The van der Waals surface area contributed by atoms with Gasteiger partial charge in [0.25, 0.3) is 0 Å². The van der Waals surface area contributed by atoms with Crippen LogP contribution in [-0.2, 0) is 0 Å². The van der Waals surface area contributed by atoms with E-state index in [0.29, 0.717) is 5.56 Å². The molecule has 0 saturated heterocycles. The number of carbonyl (C=O) groups excluding carboxylic acids is 1. The number of carbonyl (C=O) groups is 1. The third-order valence-electron chi connectivity index (χ3n) is 3.01. The van der Waals surface area contributed by atoms with Crippen LogP contribution in [0.25, 0.3) is 11.6 Å². The predicted octanol–water partition coefficient (Wildman–Crippen LogP) is 4.29. The second-order valence-electron chi connectivity index (χ2n) is 4.65. The molecule has 1 aromatic heterocycles. The average Bonchev–Trinajstić information content (AvgIpc) is 3.00. The van der Waals surface area contributed by atoms with Gasteiger partial charge in [0.05, 0.1) is 11.4 Å². The van der Waals surface area contributed by atoms with Crippen LogP contribution in [0.2, 0.25) is 0 Å². The molecule has 21 heavy (non-hydrogen) atoms. The molecule has 0 unspecified atom stereocenters. The van der Waals surface area contributed by atoms with Crippen LogP contribution >= 0.6 is 0 Å². The molecule has 0 fully saturated rings. The molecule has 1 heterocycles. The number of H-pyrrole nitrogens is 1. The van der Waals surface area contributed by atoms with Crippen LogP contribution in [0.1, 0.15) is 35.6 Å². The Morgan fingerprint density at radius 2 is 2.00 bits per heavy atom. The molecular formula is C18H18N2O. The standard InChI is InChI=1S/C18H18N2O/c1-3-4-8-14(2)17-13-16(19-20-17)11-12-18(21)15-9-6-5-7-10-15/h3-13H,1-2H3,(H,19,20). The van der Waals surface area contributed by atoms with Crippen LogP contribution in [0.5, 0.6) is 0 Å². The van der Waals surface area contributed by atoms with E-state index in [1.165, 1.54) is 0 Å². The first kappa shape index (κ1) is 14.7. The Hall–Kier alpha value is -2.68. The van der Waals surface area contributed by atoms with Gasteiger partial charge in [-0.3, -0.25) is 9.89 Å². The van der Waals surface area contributed by atoms with Gasteiger partial charge in [0.15, 0.2) is 5.78 Å². The zero-order valence-electron chi connectivity index (χ0n) is 12.2. The molecule has 0 aliphatic carbocycles. The summed E-state index contributed by atoms with van der Waals surface area (Å²) in [7, 11) is 0. The maximum Gasteiger partial charge on any atom is 0.185 e. The van der Waals surface area contributed by atoms with Crippen LogP contribution in [0.4, 0.5) is 0 Å². The number of aromatic amines is 1. The van der Waals surface area contributed by atoms with E-state index in [2.05, 4.69) is 10.2 Å². The Bertz CT molecular complexity index is 691. The monoisotopic (exact) mass is 278 g/mol. The van der Waals surface area contributed by atoms with E-state index in [4.69, 9.17) is 0 Å². The fourth-order valence-corrected chi connectivity index (χ4v) is 1.81. The molecule has 3 heteroatoms. The van der Waals surface area contributed by atoms with Crippen LogP contribution < -0.4 is 0 Å². The van der Waals surface area contributed by atoms with E-state index in [1.54, 1.807) is 24.3 Å². The van der Waals surface area contributed by atoms with Crippen molar-refractivity contribution in [2.24, 2.45) is 0 Å². The number of rotatable bonds is 5. The summed E-state index contributed by atoms with van der Waals surface area (Å²) in [5, 5.41) is 7.15. The first-order valence-electron chi connectivity index (χ1n) is 6.83. The van der Waals surface area contributed by atoms with Crippen LogP contribution in [-0.4, -0.2) is 16.0 Å². The summed E-state index contributed by atoms with van der Waals surface area (Å²) in [4.78, 5) is 12.0. The number of ketones is 1. The van der Waals surface area contributed by atoms with E-state index in [1.807, 2.05) is 56.3 Å². The molecule has 0 atom stereocenters. The number of hydrogen-bond acceptors (Lipinski definition) is 2. The van der Waals surface area contributed by atoms with Crippen molar-refractivity contribution in [3.05, 3.63) is 77.7 Å². The minimum Gasteiger partial charge on any atom is -0.289 e. The lowest BCUT2D eigenvalue weighted by molar-refractivity contribution is 0.104. The molecular weight excluding hydrogens is 260 g/mol. The van der Waals surface area contributed by atoms with Crippen LogP contribution in [0.3, 0.4) is 0 Å². The molecule has 0 radical (unpaired) electrons. The second-order valence-corrected chi connectivity index (χ2v) is 4.65. The number of benzene rings is 1. The summed E-state index contributed by atoms with van der Waals surface area (Å²) < 4.78 is 0. The third kappa shape index (κ3) is 4.14. The highest BCUT2D eigenvalue weighted by Gasteiger charge is 2.02. The highest BCUT2D eigenvalue weighted by Crippen LogP contribution is 2.13. The van der Waals surface area contributed by atoms with Gasteiger partial charge in [0.2, 0.25) is 0 Å². The van der Waals surface area contributed by atoms with Crippen LogP contribution in [0.15, 0.2) is 60.7 Å². The van der Waals surface area contributed by atoms with Crippen molar-refractivity contribution >= 4 is 17.4 Å². The second kappa shape index (κ2) is 7.20. The maximum atomic E-state index is 12.0. The summed E-state index contributed by atoms with van der Waals surface area (Å²) >= 11 is 0. The number of allylic oxidation sites excluding steroid dienone is 5. The minimum absolute atomic E-state index is 0.0204. The summed E-state index contributed by atoms with van der Waals surface area (Å²) in [5.74, 6) is -0.0204. The summed E-state index contributed by atoms with van der Waals surface area (Å²) in [6, 6.07) is 11.1. The highest BCUT2D eigenvalue weighted by atomic mass is 16.1. The molecule has 2 rings (SSSR count). The summed E-state index contributed by atoms with van der Waals surface area (Å²) in [6.07, 6.45) is 9.24. The van der Waals surface area contributed by atoms with Gasteiger partial charge < -0.3 is 0 Å². The van der Waals surface area contributed by atoms with E-state index in [0.717, 1.165) is 17.0 Å². The summed E-state index contributed by atoms with van der Waals surface area (Å²) in [6.45, 7) is 3.97. The fourth-order valence-electron chi connectivity index (χ4n) is 1.81. The summed E-state index contributed by atoms with van der Waals surface area (Å²) in [5.41, 5.74) is 3.43. The Labute approximate surface area is 124 Å². The zero-order chi connectivity index (χ0) is 15.1. The lowest BCUT2D eigenvalue weighted by Gasteiger charge is -1.93. The Morgan fingerprint density at radius 1 is 1.24 bits per heavy atom. The van der Waals surface area contributed by atoms with Gasteiger partial charge in [0, 0.05) is 5.56 Å². The van der Waals surface area contributed by atoms with Gasteiger partial charge in [-0.15, -0.1) is 0 Å². The molecule has 106 valence electrons. The first-order valence-corrected chi connectivity index (χ1v) is 6.83. The Morgan fingerprint density at radius 3 is 2.71 bits per heavy atom. The fraction of sp³-hybridized carbons (Fsp3) is 0.111. The van der Waals surface area contributed by atoms with Crippen molar-refractivity contribution in [2.45, 2.75) is 13.8 Å². The van der Waals surface area contributed by atoms with E-state index >= 15 is 0 Å². The number of nitrogens with zero attached hydrogens (tertiary/aromatic N) is 1. The highest BCUT2D eigenvalue weighted by molar-refractivity contribution is 6.06. The number of aromatic nitrogens is 2. The van der Waals surface area contributed by atoms with Crippen molar-refractivity contribution < 1.29 is 4.79 Å². The topological polar surface area (TPSA) is 45.8 Å². The SMILES string of the molecule is CC=CC=C(C)c1cc(C=CC(=O)c2ccccc2)[nH]n1. The van der Waals surface area contributed by atoms with Gasteiger partial charge in [0.1, 0.15) is 0 Å². The van der Waals surface area contributed by atoms with Gasteiger partial charge in [-0.2, -0.15) is 5.10 Å². The minimum atomic E-state index is -0.0204. The van der Waals surface area contributed by atoms with E-state index < -0.39 is 0 Å². The van der Waals surface area contributed by atoms with E-state index in [-0.39, 0.29) is 5.78 Å². The van der Waals surface area contributed by atoms with Crippen molar-refractivity contribution in [3.8, 4) is 0 Å². The molecule has 0 bridgehead atoms. The molecule has 3 nitrogen and oxygen atoms in total. The number of hydrogen-bond donors (Lipinski definition) is 1. The molecule has 0 saturated carbocycles. The van der Waals surface area contributed by atoms with E-state index in [9.17, 15) is 4.79 Å². The molecule has 0 spiro atoms. The quantitative estimate of drug-likeness (QED) is 0.504. The lowest BCUT2D eigenvalue weighted by atomic mass is 10.1. The molecule has 1 aromatic carbocycles. The lowest BCUT2D eigenvalue weighted by Crippen LogP contribution is -1.92. The third-order valence-corrected chi connectivity index (χ3v) is 3.01. The Kier molecular flexibility index (Phi) is 5.04. The smallest absolute Gasteiger partial charge is 0.185 e. The molecule has 1 N–H and O–H groups in total. The van der Waals surface area contributed by atoms with Gasteiger partial charge in [-0.05, 0) is 37.6 Å².